The van der Waals surface area contributed by atoms with E-state index < -0.39 is 0 Å². The highest BCUT2D eigenvalue weighted by Gasteiger charge is 2.24. The topological polar surface area (TPSA) is 20.2 Å². The predicted octanol–water partition coefficient (Wildman–Crippen LogP) is 1.66. The van der Waals surface area contributed by atoms with E-state index in [2.05, 4.69) is 32.6 Å². The molecule has 1 rings (SSSR count). The van der Waals surface area contributed by atoms with Gasteiger partial charge in [0, 0.05) is 11.8 Å². The van der Waals surface area contributed by atoms with Crippen molar-refractivity contribution in [1.29, 1.82) is 0 Å². The van der Waals surface area contributed by atoms with Crippen molar-refractivity contribution in [2.24, 2.45) is 17.8 Å². The summed E-state index contributed by atoms with van der Waals surface area (Å²) in [5.74, 6) is 7.30. The van der Waals surface area contributed by atoms with Gasteiger partial charge >= 0.3 is 0 Å². The van der Waals surface area contributed by atoms with Crippen LogP contribution in [0, 0.1) is 29.6 Å². The number of hydrogen-bond acceptors (Lipinski definition) is 1. The zero-order valence-corrected chi connectivity index (χ0v) is 7.46. The first-order valence-corrected chi connectivity index (χ1v) is 4.30. The molecular formula is C10H16O. The molecule has 0 aromatic heterocycles. The molecule has 1 N–H and O–H groups in total. The highest BCUT2D eigenvalue weighted by Crippen LogP contribution is 2.23. The van der Waals surface area contributed by atoms with Crippen LogP contribution < -0.4 is 0 Å². The van der Waals surface area contributed by atoms with E-state index in [0.717, 1.165) is 6.42 Å². The van der Waals surface area contributed by atoms with Crippen LogP contribution in [0.3, 0.4) is 0 Å². The Kier molecular flexibility index (Phi) is 2.57. The van der Waals surface area contributed by atoms with Gasteiger partial charge in [0.1, 0.15) is 0 Å². The van der Waals surface area contributed by atoms with E-state index >= 15 is 0 Å². The molecule has 3 unspecified atom stereocenters. The molecule has 0 saturated heterocycles. The minimum atomic E-state index is -0.203. The summed E-state index contributed by atoms with van der Waals surface area (Å²) < 4.78 is 0. The van der Waals surface area contributed by atoms with E-state index in [1.807, 2.05) is 0 Å². The Morgan fingerprint density at radius 3 is 2.45 bits per heavy atom. The number of hydrogen-bond donors (Lipinski definition) is 1. The van der Waals surface area contributed by atoms with Gasteiger partial charge < -0.3 is 5.11 Å². The van der Waals surface area contributed by atoms with Crippen molar-refractivity contribution in [2.75, 3.05) is 0 Å². The van der Waals surface area contributed by atoms with E-state index in [-0.39, 0.29) is 12.0 Å². The lowest BCUT2D eigenvalue weighted by atomic mass is 9.82. The van der Waals surface area contributed by atoms with Crippen molar-refractivity contribution < 1.29 is 5.11 Å². The Morgan fingerprint density at radius 2 is 2.00 bits per heavy atom. The SMILES string of the molecule is CC1C#CC(C(C)C)C(O)C1. The highest BCUT2D eigenvalue weighted by atomic mass is 16.3. The van der Waals surface area contributed by atoms with Gasteiger partial charge in [-0.3, -0.25) is 0 Å². The van der Waals surface area contributed by atoms with Crippen LogP contribution in [0.5, 0.6) is 0 Å². The van der Waals surface area contributed by atoms with E-state index in [0.29, 0.717) is 11.8 Å². The molecule has 0 spiro atoms. The Balaban J connectivity index is 2.67. The fourth-order valence-corrected chi connectivity index (χ4v) is 1.51. The Hall–Kier alpha value is -0.480. The predicted molar refractivity (Wildman–Crippen MR) is 45.9 cm³/mol. The lowest BCUT2D eigenvalue weighted by molar-refractivity contribution is 0.0906. The largest absolute Gasteiger partial charge is 0.392 e. The fraction of sp³-hybridized carbons (Fsp3) is 0.800. The van der Waals surface area contributed by atoms with Crippen LogP contribution in [0.15, 0.2) is 0 Å². The molecule has 0 bridgehead atoms. The van der Waals surface area contributed by atoms with Crippen LogP contribution in [0.25, 0.3) is 0 Å². The molecule has 3 atom stereocenters. The molecular weight excluding hydrogens is 136 g/mol. The third-order valence-corrected chi connectivity index (χ3v) is 2.22. The van der Waals surface area contributed by atoms with Crippen LogP contribution >= 0.6 is 0 Å². The molecule has 0 aliphatic heterocycles. The van der Waals surface area contributed by atoms with Crippen LogP contribution in [-0.2, 0) is 0 Å². The minimum Gasteiger partial charge on any atom is -0.392 e. The van der Waals surface area contributed by atoms with Gasteiger partial charge in [0.25, 0.3) is 0 Å². The maximum atomic E-state index is 9.61. The average Bonchev–Trinajstić information content (AvgIpc) is 1.85. The maximum absolute atomic E-state index is 9.61. The fourth-order valence-electron chi connectivity index (χ4n) is 1.51. The molecule has 0 aromatic rings. The summed E-state index contributed by atoms with van der Waals surface area (Å²) in [5, 5.41) is 9.61. The van der Waals surface area contributed by atoms with Crippen LogP contribution in [0.2, 0.25) is 0 Å². The van der Waals surface area contributed by atoms with Gasteiger partial charge in [0.15, 0.2) is 0 Å². The molecule has 0 amide bonds. The van der Waals surface area contributed by atoms with Gasteiger partial charge in [-0.05, 0) is 12.3 Å². The first-order valence-electron chi connectivity index (χ1n) is 4.30. The van der Waals surface area contributed by atoms with E-state index in [9.17, 15) is 5.11 Å². The summed E-state index contributed by atoms with van der Waals surface area (Å²) in [6.07, 6.45) is 0.641. The van der Waals surface area contributed by atoms with Crippen molar-refractivity contribution in [3.8, 4) is 11.8 Å². The normalized spacial score (nSPS) is 36.6. The zero-order chi connectivity index (χ0) is 8.43. The molecule has 0 saturated carbocycles. The zero-order valence-electron chi connectivity index (χ0n) is 7.46. The quantitative estimate of drug-likeness (QED) is 0.567. The standard InChI is InChI=1S/C10H16O/c1-7(2)9-5-4-8(3)6-10(9)11/h7-11H,6H2,1-3H3. The van der Waals surface area contributed by atoms with Gasteiger partial charge in [-0.25, -0.2) is 0 Å². The van der Waals surface area contributed by atoms with Crippen molar-refractivity contribution in [3.05, 3.63) is 0 Å². The highest BCUT2D eigenvalue weighted by molar-refractivity contribution is 5.13. The Morgan fingerprint density at radius 1 is 1.36 bits per heavy atom. The van der Waals surface area contributed by atoms with Crippen molar-refractivity contribution in [3.63, 3.8) is 0 Å². The molecule has 1 nitrogen and oxygen atoms in total. The van der Waals surface area contributed by atoms with E-state index in [1.165, 1.54) is 0 Å². The molecule has 1 aliphatic rings. The summed E-state index contributed by atoms with van der Waals surface area (Å²) in [6, 6.07) is 0. The van der Waals surface area contributed by atoms with Gasteiger partial charge in [-0.1, -0.05) is 32.6 Å². The van der Waals surface area contributed by atoms with Crippen molar-refractivity contribution in [2.45, 2.75) is 33.3 Å². The molecule has 0 aromatic carbocycles. The lowest BCUT2D eigenvalue weighted by Crippen LogP contribution is -2.28. The van der Waals surface area contributed by atoms with Gasteiger partial charge in [-0.15, -0.1) is 0 Å². The molecule has 0 fully saturated rings. The van der Waals surface area contributed by atoms with Crippen molar-refractivity contribution in [1.82, 2.24) is 0 Å². The maximum Gasteiger partial charge on any atom is 0.0691 e. The summed E-state index contributed by atoms with van der Waals surface area (Å²) in [5.41, 5.74) is 0. The Labute approximate surface area is 68.8 Å². The molecule has 0 radical (unpaired) electrons. The summed E-state index contributed by atoms with van der Waals surface area (Å²) in [6.45, 7) is 6.28. The van der Waals surface area contributed by atoms with Crippen molar-refractivity contribution >= 4 is 0 Å². The summed E-state index contributed by atoms with van der Waals surface area (Å²) in [7, 11) is 0. The second kappa shape index (κ2) is 3.28. The third-order valence-electron chi connectivity index (χ3n) is 2.22. The number of rotatable bonds is 1. The molecule has 1 heteroatoms. The summed E-state index contributed by atoms with van der Waals surface area (Å²) in [4.78, 5) is 0. The molecule has 11 heavy (non-hydrogen) atoms. The van der Waals surface area contributed by atoms with Gasteiger partial charge in [-0.2, -0.15) is 0 Å². The number of aliphatic hydroxyl groups is 1. The van der Waals surface area contributed by atoms with E-state index in [1.54, 1.807) is 0 Å². The van der Waals surface area contributed by atoms with Crippen LogP contribution in [0.1, 0.15) is 27.2 Å². The first kappa shape index (κ1) is 8.62. The lowest BCUT2D eigenvalue weighted by Gasteiger charge is -2.25. The third kappa shape index (κ3) is 1.97. The molecule has 0 heterocycles. The minimum absolute atomic E-state index is 0.200. The van der Waals surface area contributed by atoms with Gasteiger partial charge in [0.05, 0.1) is 6.10 Å². The summed E-state index contributed by atoms with van der Waals surface area (Å²) >= 11 is 0. The second-order valence-electron chi connectivity index (χ2n) is 3.76. The van der Waals surface area contributed by atoms with Gasteiger partial charge in [0.2, 0.25) is 0 Å². The first-order chi connectivity index (χ1) is 5.11. The second-order valence-corrected chi connectivity index (χ2v) is 3.76. The van der Waals surface area contributed by atoms with Crippen LogP contribution in [-0.4, -0.2) is 11.2 Å². The Bertz CT molecular complexity index is 185. The number of aliphatic hydroxyl groups excluding tert-OH is 1. The van der Waals surface area contributed by atoms with Crippen LogP contribution in [0.4, 0.5) is 0 Å². The molecule has 1 aliphatic carbocycles. The monoisotopic (exact) mass is 152 g/mol. The molecule has 62 valence electrons. The average molecular weight is 152 g/mol. The van der Waals surface area contributed by atoms with E-state index in [4.69, 9.17) is 0 Å². The smallest absolute Gasteiger partial charge is 0.0691 e.